The Morgan fingerprint density at radius 1 is 1.17 bits per heavy atom. The third-order valence-electron chi connectivity index (χ3n) is 3.95. The maximum absolute atomic E-state index is 11.8. The highest BCUT2D eigenvalue weighted by Gasteiger charge is 2.10. The van der Waals surface area contributed by atoms with Gasteiger partial charge in [0.15, 0.2) is 5.65 Å². The van der Waals surface area contributed by atoms with Gasteiger partial charge < -0.3 is 5.32 Å². The highest BCUT2D eigenvalue weighted by molar-refractivity contribution is 5.92. The summed E-state index contributed by atoms with van der Waals surface area (Å²) in [5, 5.41) is 8.08. The number of amides is 1. The van der Waals surface area contributed by atoms with Gasteiger partial charge in [0.25, 0.3) is 5.91 Å². The lowest BCUT2D eigenvalue weighted by Gasteiger charge is -2.05. The first-order valence-electron chi connectivity index (χ1n) is 7.64. The van der Waals surface area contributed by atoms with Crippen LogP contribution in [0.2, 0.25) is 0 Å². The summed E-state index contributed by atoms with van der Waals surface area (Å²) < 4.78 is 1.72. The molecule has 118 valence electrons. The molecule has 4 rings (SSSR count). The van der Waals surface area contributed by atoms with E-state index in [1.807, 2.05) is 18.2 Å². The van der Waals surface area contributed by atoms with E-state index in [1.165, 1.54) is 0 Å². The molecular weight excluding hydrogens is 302 g/mol. The van der Waals surface area contributed by atoms with E-state index in [1.54, 1.807) is 36.1 Å². The average molecular weight is 317 g/mol. The number of hydrogen-bond acceptors (Lipinski definition) is 4. The number of carbonyl (C=O) groups is 1. The highest BCUT2D eigenvalue weighted by Crippen LogP contribution is 2.17. The van der Waals surface area contributed by atoms with E-state index in [0.717, 1.165) is 27.8 Å². The summed E-state index contributed by atoms with van der Waals surface area (Å²) in [6.45, 7) is 0. The fourth-order valence-electron chi connectivity index (χ4n) is 2.73. The van der Waals surface area contributed by atoms with Crippen LogP contribution in [-0.4, -0.2) is 32.5 Å². The van der Waals surface area contributed by atoms with Crippen molar-refractivity contribution in [3.05, 3.63) is 71.8 Å². The number of aromatic nitrogens is 4. The van der Waals surface area contributed by atoms with Gasteiger partial charge in [-0.25, -0.2) is 9.50 Å². The number of nitrogens with zero attached hydrogens (tertiary/aromatic N) is 4. The van der Waals surface area contributed by atoms with Crippen molar-refractivity contribution in [1.82, 2.24) is 24.9 Å². The molecule has 0 saturated carbocycles. The first-order chi connectivity index (χ1) is 11.7. The smallest absolute Gasteiger partial charge is 0.271 e. The quantitative estimate of drug-likeness (QED) is 0.629. The Bertz CT molecular complexity index is 1050. The summed E-state index contributed by atoms with van der Waals surface area (Å²) in [7, 11) is 1.59. The zero-order valence-electron chi connectivity index (χ0n) is 13.1. The van der Waals surface area contributed by atoms with Gasteiger partial charge in [0, 0.05) is 25.1 Å². The molecule has 3 heterocycles. The summed E-state index contributed by atoms with van der Waals surface area (Å²) >= 11 is 0. The van der Waals surface area contributed by atoms with Crippen molar-refractivity contribution in [2.75, 3.05) is 7.05 Å². The van der Waals surface area contributed by atoms with E-state index in [-0.39, 0.29) is 5.91 Å². The molecule has 0 atom stereocenters. The molecule has 0 aliphatic heterocycles. The topological polar surface area (TPSA) is 72.2 Å². The molecule has 0 radical (unpaired) electrons. The number of hydrogen-bond donors (Lipinski definition) is 1. The monoisotopic (exact) mass is 317 g/mol. The van der Waals surface area contributed by atoms with Crippen molar-refractivity contribution in [3.8, 4) is 0 Å². The van der Waals surface area contributed by atoms with Gasteiger partial charge in [-0.1, -0.05) is 12.1 Å². The molecular formula is C18H15N5O. The lowest BCUT2D eigenvalue weighted by molar-refractivity contribution is 0.0957. The van der Waals surface area contributed by atoms with E-state index in [2.05, 4.69) is 32.5 Å². The van der Waals surface area contributed by atoms with Crippen LogP contribution in [0.15, 0.2) is 54.9 Å². The molecule has 0 spiro atoms. The molecule has 0 bridgehead atoms. The molecule has 0 aliphatic carbocycles. The highest BCUT2D eigenvalue weighted by atomic mass is 16.1. The van der Waals surface area contributed by atoms with Gasteiger partial charge in [0.05, 0.1) is 17.4 Å². The lowest BCUT2D eigenvalue weighted by Crippen LogP contribution is -2.20. The van der Waals surface area contributed by atoms with Crippen LogP contribution in [-0.2, 0) is 6.42 Å². The van der Waals surface area contributed by atoms with Gasteiger partial charge in [-0.05, 0) is 35.9 Å². The molecule has 3 aromatic heterocycles. The molecule has 4 aromatic rings. The van der Waals surface area contributed by atoms with Gasteiger partial charge in [-0.15, -0.1) is 0 Å². The van der Waals surface area contributed by atoms with E-state index in [9.17, 15) is 4.79 Å². The summed E-state index contributed by atoms with van der Waals surface area (Å²) in [6.07, 6.45) is 4.26. The Morgan fingerprint density at radius 2 is 2.08 bits per heavy atom. The second-order valence-corrected chi connectivity index (χ2v) is 5.52. The van der Waals surface area contributed by atoms with Crippen molar-refractivity contribution >= 4 is 22.5 Å². The number of benzene rings is 1. The molecule has 0 aliphatic rings. The van der Waals surface area contributed by atoms with Crippen LogP contribution < -0.4 is 5.32 Å². The number of fused-ring (bicyclic) bond motifs is 2. The Labute approximate surface area is 138 Å². The molecule has 1 amide bonds. The maximum Gasteiger partial charge on any atom is 0.271 e. The van der Waals surface area contributed by atoms with Gasteiger partial charge in [0.2, 0.25) is 0 Å². The number of imidazole rings is 1. The Kier molecular flexibility index (Phi) is 3.42. The van der Waals surface area contributed by atoms with Crippen LogP contribution in [0.3, 0.4) is 0 Å². The largest absolute Gasteiger partial charge is 0.354 e. The van der Waals surface area contributed by atoms with Crippen molar-refractivity contribution in [2.45, 2.75) is 6.42 Å². The third-order valence-corrected chi connectivity index (χ3v) is 3.95. The van der Waals surface area contributed by atoms with Gasteiger partial charge in [-0.3, -0.25) is 9.78 Å². The van der Waals surface area contributed by atoms with Crippen molar-refractivity contribution in [3.63, 3.8) is 0 Å². The predicted molar refractivity (Wildman–Crippen MR) is 90.9 cm³/mol. The summed E-state index contributed by atoms with van der Waals surface area (Å²) in [5.41, 5.74) is 4.13. The summed E-state index contributed by atoms with van der Waals surface area (Å²) in [6, 6.07) is 13.6. The molecule has 6 nitrogen and oxygen atoms in total. The second-order valence-electron chi connectivity index (χ2n) is 5.52. The van der Waals surface area contributed by atoms with E-state index in [0.29, 0.717) is 12.1 Å². The molecule has 1 N–H and O–H groups in total. The summed E-state index contributed by atoms with van der Waals surface area (Å²) in [5.74, 6) is -0.215. The first-order valence-corrected chi connectivity index (χ1v) is 7.64. The number of nitrogens with one attached hydrogen (secondary N) is 1. The van der Waals surface area contributed by atoms with Gasteiger partial charge in [-0.2, -0.15) is 5.10 Å². The molecule has 0 saturated heterocycles. The molecule has 0 unspecified atom stereocenters. The fraction of sp³-hybridized carbons (Fsp3) is 0.111. The van der Waals surface area contributed by atoms with Crippen LogP contribution >= 0.6 is 0 Å². The Hall–Kier alpha value is -3.28. The molecule has 24 heavy (non-hydrogen) atoms. The molecule has 6 heteroatoms. The number of carbonyl (C=O) groups excluding carboxylic acids is 1. The first kappa shape index (κ1) is 14.3. The van der Waals surface area contributed by atoms with Crippen LogP contribution in [0.4, 0.5) is 0 Å². The molecule has 0 fully saturated rings. The van der Waals surface area contributed by atoms with Gasteiger partial charge >= 0.3 is 0 Å². The number of rotatable bonds is 3. The number of pyridine rings is 1. The fourth-order valence-corrected chi connectivity index (χ4v) is 2.73. The zero-order chi connectivity index (χ0) is 16.5. The Balaban J connectivity index is 1.73. The lowest BCUT2D eigenvalue weighted by atomic mass is 10.1. The Morgan fingerprint density at radius 3 is 2.96 bits per heavy atom. The maximum atomic E-state index is 11.8. The van der Waals surface area contributed by atoms with Crippen LogP contribution in [0.25, 0.3) is 16.6 Å². The van der Waals surface area contributed by atoms with Crippen LogP contribution in [0.5, 0.6) is 0 Å². The normalized spacial score (nSPS) is 11.0. The van der Waals surface area contributed by atoms with Crippen molar-refractivity contribution in [1.29, 1.82) is 0 Å². The standard InChI is InChI=1S/C18H15N5O/c1-19-18(24)16-6-7-17-21-11-14(23(17)22-16)10-12-4-5-15-13(9-12)3-2-8-20-15/h2-9,11H,10H2,1H3,(H,19,24). The minimum Gasteiger partial charge on any atom is -0.354 e. The third kappa shape index (κ3) is 2.48. The van der Waals surface area contributed by atoms with E-state index in [4.69, 9.17) is 0 Å². The average Bonchev–Trinajstić information content (AvgIpc) is 3.03. The van der Waals surface area contributed by atoms with Crippen molar-refractivity contribution < 1.29 is 4.79 Å². The van der Waals surface area contributed by atoms with Crippen LogP contribution in [0.1, 0.15) is 21.7 Å². The van der Waals surface area contributed by atoms with Gasteiger partial charge in [0.1, 0.15) is 5.69 Å². The van der Waals surface area contributed by atoms with Crippen LogP contribution in [0, 0.1) is 0 Å². The minimum absolute atomic E-state index is 0.215. The molecule has 1 aromatic carbocycles. The van der Waals surface area contributed by atoms with E-state index >= 15 is 0 Å². The zero-order valence-corrected chi connectivity index (χ0v) is 13.1. The van der Waals surface area contributed by atoms with Crippen molar-refractivity contribution in [2.24, 2.45) is 0 Å². The minimum atomic E-state index is -0.215. The predicted octanol–water partition coefficient (Wildman–Crippen LogP) is 2.23. The SMILES string of the molecule is CNC(=O)c1ccc2ncc(Cc3ccc4ncccc4c3)n2n1. The summed E-state index contributed by atoms with van der Waals surface area (Å²) in [4.78, 5) is 20.5. The van der Waals surface area contributed by atoms with E-state index < -0.39 is 0 Å². The second kappa shape index (κ2) is 5.73.